The lowest BCUT2D eigenvalue weighted by Crippen LogP contribution is -2.20. The number of nitrogens with zero attached hydrogens (tertiary/aromatic N) is 1. The van der Waals surface area contributed by atoms with Crippen LogP contribution in [-0.4, -0.2) is 18.1 Å². The molecule has 0 radical (unpaired) electrons. The van der Waals surface area contributed by atoms with E-state index in [-0.39, 0.29) is 5.41 Å². The van der Waals surface area contributed by atoms with E-state index in [4.69, 9.17) is 4.98 Å². The summed E-state index contributed by atoms with van der Waals surface area (Å²) in [6.45, 7) is 8.70. The molecule has 1 aliphatic heterocycles. The van der Waals surface area contributed by atoms with Gasteiger partial charge < -0.3 is 5.32 Å². The minimum atomic E-state index is 0.169. The Hall–Kier alpha value is -0.670. The lowest BCUT2D eigenvalue weighted by molar-refractivity contribution is 0.572. The highest BCUT2D eigenvalue weighted by molar-refractivity contribution is 7.10. The first-order valence-corrected chi connectivity index (χ1v) is 6.31. The van der Waals surface area contributed by atoms with Gasteiger partial charge in [-0.05, 0) is 18.5 Å². The zero-order valence-electron chi connectivity index (χ0n) is 9.63. The van der Waals surface area contributed by atoms with Crippen LogP contribution >= 0.6 is 11.3 Å². The van der Waals surface area contributed by atoms with E-state index in [1.165, 1.54) is 16.3 Å². The predicted octanol–water partition coefficient (Wildman–Crippen LogP) is 2.82. The van der Waals surface area contributed by atoms with E-state index < -0.39 is 0 Å². The monoisotopic (exact) mass is 222 g/mol. The molecule has 0 unspecified atom stereocenters. The molecule has 82 valence electrons. The van der Waals surface area contributed by atoms with Crippen LogP contribution in [0, 0.1) is 0 Å². The Morgan fingerprint density at radius 1 is 1.40 bits per heavy atom. The number of aromatic nitrogens is 1. The summed E-state index contributed by atoms with van der Waals surface area (Å²) in [6.07, 6.45) is 3.37. The third-order valence-electron chi connectivity index (χ3n) is 2.61. The van der Waals surface area contributed by atoms with Gasteiger partial charge in [-0.3, -0.25) is 0 Å². The molecule has 1 aliphatic rings. The molecule has 1 aromatic rings. The molecule has 0 aromatic carbocycles. The van der Waals surface area contributed by atoms with Crippen LogP contribution in [0.4, 0.5) is 0 Å². The van der Waals surface area contributed by atoms with Gasteiger partial charge in [0.15, 0.2) is 0 Å². The summed E-state index contributed by atoms with van der Waals surface area (Å²) < 4.78 is 0. The van der Waals surface area contributed by atoms with Crippen LogP contribution in [0.25, 0.3) is 5.57 Å². The van der Waals surface area contributed by atoms with Crippen molar-refractivity contribution in [3.05, 3.63) is 22.2 Å². The zero-order chi connectivity index (χ0) is 10.9. The van der Waals surface area contributed by atoms with E-state index in [2.05, 4.69) is 37.5 Å². The van der Waals surface area contributed by atoms with E-state index in [1.807, 2.05) is 0 Å². The lowest BCUT2D eigenvalue weighted by Gasteiger charge is -2.15. The van der Waals surface area contributed by atoms with E-state index in [0.29, 0.717) is 0 Å². The van der Waals surface area contributed by atoms with Crippen molar-refractivity contribution in [2.75, 3.05) is 13.1 Å². The predicted molar refractivity (Wildman–Crippen MR) is 66.3 cm³/mol. The fraction of sp³-hybridized carbons (Fsp3) is 0.583. The average Bonchev–Trinajstić information content (AvgIpc) is 2.67. The molecule has 3 heteroatoms. The molecule has 15 heavy (non-hydrogen) atoms. The molecule has 2 heterocycles. The number of hydrogen-bond acceptors (Lipinski definition) is 3. The first-order valence-electron chi connectivity index (χ1n) is 5.43. The molecule has 0 fully saturated rings. The molecule has 1 aromatic heterocycles. The minimum Gasteiger partial charge on any atom is -0.313 e. The normalized spacial score (nSPS) is 17.7. The lowest BCUT2D eigenvalue weighted by atomic mass is 9.93. The van der Waals surface area contributed by atoms with Gasteiger partial charge in [-0.25, -0.2) is 4.98 Å². The maximum absolute atomic E-state index is 4.73. The van der Waals surface area contributed by atoms with Gasteiger partial charge in [0, 0.05) is 17.3 Å². The van der Waals surface area contributed by atoms with Crippen molar-refractivity contribution in [2.24, 2.45) is 0 Å². The first kappa shape index (κ1) is 10.8. The fourth-order valence-electron chi connectivity index (χ4n) is 1.58. The maximum atomic E-state index is 4.73. The highest BCUT2D eigenvalue weighted by Gasteiger charge is 2.18. The Morgan fingerprint density at radius 3 is 2.73 bits per heavy atom. The van der Waals surface area contributed by atoms with Gasteiger partial charge in [0.1, 0.15) is 5.01 Å². The molecular formula is C12H18N2S. The van der Waals surface area contributed by atoms with Gasteiger partial charge in [0.05, 0.1) is 5.69 Å². The molecule has 0 aliphatic carbocycles. The van der Waals surface area contributed by atoms with E-state index in [9.17, 15) is 0 Å². The molecule has 1 N–H and O–H groups in total. The van der Waals surface area contributed by atoms with E-state index in [1.54, 1.807) is 11.3 Å². The smallest absolute Gasteiger partial charge is 0.119 e. The van der Waals surface area contributed by atoms with Crippen LogP contribution in [0.1, 0.15) is 37.9 Å². The third-order valence-corrected chi connectivity index (χ3v) is 3.53. The molecule has 0 saturated heterocycles. The van der Waals surface area contributed by atoms with Crippen molar-refractivity contribution in [1.29, 1.82) is 0 Å². The van der Waals surface area contributed by atoms with Crippen LogP contribution in [-0.2, 0) is 5.41 Å². The Balaban J connectivity index is 2.23. The number of thiazole rings is 1. The van der Waals surface area contributed by atoms with Gasteiger partial charge in [-0.2, -0.15) is 0 Å². The standard InChI is InChI=1S/C12H18N2S/c1-12(2,3)10-8-15-11(14-10)9-4-6-13-7-5-9/h4,8,13H,5-7H2,1-3H3. The average molecular weight is 222 g/mol. The summed E-state index contributed by atoms with van der Waals surface area (Å²) >= 11 is 1.78. The van der Waals surface area contributed by atoms with Gasteiger partial charge in [0.25, 0.3) is 0 Å². The third kappa shape index (κ3) is 2.47. The quantitative estimate of drug-likeness (QED) is 0.790. The van der Waals surface area contributed by atoms with Gasteiger partial charge in [-0.15, -0.1) is 11.3 Å². The molecule has 0 atom stereocenters. The summed E-state index contributed by atoms with van der Waals surface area (Å²) in [5, 5.41) is 6.72. The van der Waals surface area contributed by atoms with E-state index in [0.717, 1.165) is 19.5 Å². The van der Waals surface area contributed by atoms with Crippen molar-refractivity contribution in [3.8, 4) is 0 Å². The fourth-order valence-corrected chi connectivity index (χ4v) is 2.70. The number of nitrogens with one attached hydrogen (secondary N) is 1. The number of hydrogen-bond donors (Lipinski definition) is 1. The highest BCUT2D eigenvalue weighted by Crippen LogP contribution is 2.28. The number of rotatable bonds is 1. The van der Waals surface area contributed by atoms with Crippen LogP contribution in [0.2, 0.25) is 0 Å². The van der Waals surface area contributed by atoms with E-state index >= 15 is 0 Å². The van der Waals surface area contributed by atoms with Gasteiger partial charge in [0.2, 0.25) is 0 Å². The summed E-state index contributed by atoms with van der Waals surface area (Å²) in [5.41, 5.74) is 2.79. The van der Waals surface area contributed by atoms with Crippen LogP contribution < -0.4 is 5.32 Å². The zero-order valence-corrected chi connectivity index (χ0v) is 10.4. The minimum absolute atomic E-state index is 0.169. The van der Waals surface area contributed by atoms with Crippen LogP contribution in [0.5, 0.6) is 0 Å². The molecule has 0 bridgehead atoms. The summed E-state index contributed by atoms with van der Waals surface area (Å²) in [5.74, 6) is 0. The second kappa shape index (κ2) is 4.06. The summed E-state index contributed by atoms with van der Waals surface area (Å²) in [6, 6.07) is 0. The largest absolute Gasteiger partial charge is 0.313 e. The van der Waals surface area contributed by atoms with Gasteiger partial charge in [-0.1, -0.05) is 26.8 Å². The van der Waals surface area contributed by atoms with Crippen molar-refractivity contribution >= 4 is 16.9 Å². The van der Waals surface area contributed by atoms with Crippen molar-refractivity contribution in [1.82, 2.24) is 10.3 Å². The highest BCUT2D eigenvalue weighted by atomic mass is 32.1. The Labute approximate surface area is 95.4 Å². The molecule has 2 nitrogen and oxygen atoms in total. The van der Waals surface area contributed by atoms with Gasteiger partial charge >= 0.3 is 0 Å². The van der Waals surface area contributed by atoms with Crippen molar-refractivity contribution < 1.29 is 0 Å². The van der Waals surface area contributed by atoms with Crippen molar-refractivity contribution in [2.45, 2.75) is 32.6 Å². The second-order valence-corrected chi connectivity index (χ2v) is 5.83. The SMILES string of the molecule is CC(C)(C)c1csc(C2=CCNCC2)n1. The Morgan fingerprint density at radius 2 is 2.20 bits per heavy atom. The molecule has 0 amide bonds. The summed E-state index contributed by atoms with van der Waals surface area (Å²) in [4.78, 5) is 4.73. The molecule has 2 rings (SSSR count). The van der Waals surface area contributed by atoms with Crippen LogP contribution in [0.3, 0.4) is 0 Å². The molecular weight excluding hydrogens is 204 g/mol. The topological polar surface area (TPSA) is 24.9 Å². The maximum Gasteiger partial charge on any atom is 0.119 e. The Kier molecular flexibility index (Phi) is 2.94. The summed E-state index contributed by atoms with van der Waals surface area (Å²) in [7, 11) is 0. The molecule has 0 spiro atoms. The first-order chi connectivity index (χ1) is 7.07. The van der Waals surface area contributed by atoms with Crippen molar-refractivity contribution in [3.63, 3.8) is 0 Å². The second-order valence-electron chi connectivity index (χ2n) is 4.97. The Bertz CT molecular complexity index is 371. The van der Waals surface area contributed by atoms with Crippen LogP contribution in [0.15, 0.2) is 11.5 Å². The molecule has 0 saturated carbocycles.